The van der Waals surface area contributed by atoms with E-state index in [9.17, 15) is 19.3 Å². The highest BCUT2D eigenvalue weighted by Gasteiger charge is 2.17. The number of carbonyl (C=O) groups excluding carboxylic acids is 1. The average Bonchev–Trinajstić information content (AvgIpc) is 2.47. The molecule has 0 saturated carbocycles. The van der Waals surface area contributed by atoms with Crippen molar-refractivity contribution < 1.29 is 18.8 Å². The molecule has 1 N–H and O–H groups in total. The first-order valence-electron chi connectivity index (χ1n) is 6.08. The molecule has 8 heteroatoms. The molecule has 0 spiro atoms. The molecule has 0 atom stereocenters. The number of nitrogens with zero attached hydrogens (tertiary/aromatic N) is 1. The van der Waals surface area contributed by atoms with Crippen molar-refractivity contribution in [2.45, 2.75) is 0 Å². The van der Waals surface area contributed by atoms with E-state index in [1.165, 1.54) is 0 Å². The Morgan fingerprint density at radius 3 is 2.59 bits per heavy atom. The summed E-state index contributed by atoms with van der Waals surface area (Å²) >= 11 is 5.71. The van der Waals surface area contributed by atoms with E-state index in [-0.39, 0.29) is 5.75 Å². The molecule has 6 nitrogen and oxygen atoms in total. The van der Waals surface area contributed by atoms with Gasteiger partial charge < -0.3 is 10.1 Å². The van der Waals surface area contributed by atoms with Crippen LogP contribution in [0.3, 0.4) is 0 Å². The van der Waals surface area contributed by atoms with Crippen LogP contribution in [0.1, 0.15) is 0 Å². The zero-order chi connectivity index (χ0) is 16.1. The molecule has 2 rings (SSSR count). The quantitative estimate of drug-likeness (QED) is 0.675. The van der Waals surface area contributed by atoms with Crippen LogP contribution < -0.4 is 10.1 Å². The number of rotatable bonds is 5. The van der Waals surface area contributed by atoms with Crippen molar-refractivity contribution in [3.05, 3.63) is 63.4 Å². The van der Waals surface area contributed by atoms with E-state index in [1.54, 1.807) is 24.3 Å². The number of amides is 1. The fraction of sp³-hybridized carbons (Fsp3) is 0.0714. The number of hydrogen-bond donors (Lipinski definition) is 1. The van der Waals surface area contributed by atoms with E-state index in [0.717, 1.165) is 18.2 Å². The lowest BCUT2D eigenvalue weighted by molar-refractivity contribution is -0.385. The molecule has 0 aliphatic carbocycles. The SMILES string of the molecule is O=C(COc1cc(F)ccc1[N+](=O)[O-])Nc1ccc(Cl)cc1. The molecule has 0 unspecified atom stereocenters. The lowest BCUT2D eigenvalue weighted by atomic mass is 10.3. The number of nitrogens with one attached hydrogen (secondary N) is 1. The third kappa shape index (κ3) is 4.16. The first kappa shape index (κ1) is 15.7. The van der Waals surface area contributed by atoms with E-state index >= 15 is 0 Å². The van der Waals surface area contributed by atoms with Crippen LogP contribution in [0, 0.1) is 15.9 Å². The van der Waals surface area contributed by atoms with Gasteiger partial charge in [-0.05, 0) is 30.3 Å². The van der Waals surface area contributed by atoms with Crippen LogP contribution in [-0.4, -0.2) is 17.4 Å². The van der Waals surface area contributed by atoms with Gasteiger partial charge in [0.15, 0.2) is 6.61 Å². The largest absolute Gasteiger partial charge is 0.477 e. The van der Waals surface area contributed by atoms with Gasteiger partial charge in [0.25, 0.3) is 5.91 Å². The Morgan fingerprint density at radius 1 is 1.27 bits per heavy atom. The highest BCUT2D eigenvalue weighted by atomic mass is 35.5. The highest BCUT2D eigenvalue weighted by molar-refractivity contribution is 6.30. The molecule has 0 aromatic heterocycles. The number of nitro groups is 1. The molecule has 0 heterocycles. The maximum atomic E-state index is 13.1. The van der Waals surface area contributed by atoms with Gasteiger partial charge >= 0.3 is 5.69 Å². The summed E-state index contributed by atoms with van der Waals surface area (Å²) < 4.78 is 18.1. The molecule has 1 amide bonds. The number of nitro benzene ring substituents is 1. The van der Waals surface area contributed by atoms with Gasteiger partial charge in [0, 0.05) is 22.8 Å². The summed E-state index contributed by atoms with van der Waals surface area (Å²) in [5, 5.41) is 13.8. The van der Waals surface area contributed by atoms with Crippen LogP contribution in [0.2, 0.25) is 5.02 Å². The third-order valence-corrected chi connectivity index (χ3v) is 2.86. The number of ether oxygens (including phenoxy) is 1. The molecule has 2 aromatic rings. The monoisotopic (exact) mass is 324 g/mol. The molecular weight excluding hydrogens is 315 g/mol. The number of hydrogen-bond acceptors (Lipinski definition) is 4. The Hall–Kier alpha value is -2.67. The Kier molecular flexibility index (Phi) is 4.90. The fourth-order valence-corrected chi connectivity index (χ4v) is 1.75. The summed E-state index contributed by atoms with van der Waals surface area (Å²) in [6.07, 6.45) is 0. The van der Waals surface area contributed by atoms with Crippen LogP contribution >= 0.6 is 11.6 Å². The normalized spacial score (nSPS) is 10.1. The molecule has 0 fully saturated rings. The first-order valence-corrected chi connectivity index (χ1v) is 6.45. The van der Waals surface area contributed by atoms with Crippen molar-refractivity contribution in [1.82, 2.24) is 0 Å². The van der Waals surface area contributed by atoms with E-state index < -0.39 is 28.9 Å². The van der Waals surface area contributed by atoms with E-state index in [1.807, 2.05) is 0 Å². The van der Waals surface area contributed by atoms with Crippen LogP contribution in [0.4, 0.5) is 15.8 Å². The Balaban J connectivity index is 2.00. The van der Waals surface area contributed by atoms with Crippen molar-refractivity contribution in [2.24, 2.45) is 0 Å². The summed E-state index contributed by atoms with van der Waals surface area (Å²) in [5.41, 5.74) is 0.0763. The molecule has 0 aliphatic heterocycles. The van der Waals surface area contributed by atoms with E-state index in [2.05, 4.69) is 5.32 Å². The molecule has 0 radical (unpaired) electrons. The van der Waals surface area contributed by atoms with E-state index in [4.69, 9.17) is 16.3 Å². The minimum atomic E-state index is -0.716. The van der Waals surface area contributed by atoms with Gasteiger partial charge in [-0.1, -0.05) is 11.6 Å². The fourth-order valence-electron chi connectivity index (χ4n) is 1.63. The minimum Gasteiger partial charge on any atom is -0.477 e. The van der Waals surface area contributed by atoms with E-state index in [0.29, 0.717) is 10.7 Å². The van der Waals surface area contributed by atoms with Crippen LogP contribution in [-0.2, 0) is 4.79 Å². The second-order valence-electron chi connectivity index (χ2n) is 4.21. The molecular formula is C14H10ClFN2O4. The zero-order valence-electron chi connectivity index (χ0n) is 11.1. The van der Waals surface area contributed by atoms with Gasteiger partial charge in [0.05, 0.1) is 4.92 Å². The smallest absolute Gasteiger partial charge is 0.311 e. The summed E-state index contributed by atoms with van der Waals surface area (Å²) in [5.74, 6) is -1.55. The summed E-state index contributed by atoms with van der Waals surface area (Å²) in [4.78, 5) is 21.8. The first-order chi connectivity index (χ1) is 10.5. The van der Waals surface area contributed by atoms with Crippen LogP contribution in [0.15, 0.2) is 42.5 Å². The molecule has 2 aromatic carbocycles. The third-order valence-electron chi connectivity index (χ3n) is 2.61. The van der Waals surface area contributed by atoms with Crippen LogP contribution in [0.5, 0.6) is 5.75 Å². The highest BCUT2D eigenvalue weighted by Crippen LogP contribution is 2.27. The molecule has 0 aliphatic rings. The Morgan fingerprint density at radius 2 is 1.95 bits per heavy atom. The van der Waals surface area contributed by atoms with Gasteiger partial charge in [-0.15, -0.1) is 0 Å². The van der Waals surface area contributed by atoms with Gasteiger partial charge in [-0.3, -0.25) is 14.9 Å². The van der Waals surface area contributed by atoms with Crippen molar-refractivity contribution in [3.8, 4) is 5.75 Å². The number of anilines is 1. The summed E-state index contributed by atoms with van der Waals surface area (Å²) in [7, 11) is 0. The van der Waals surface area contributed by atoms with Gasteiger partial charge in [0.2, 0.25) is 5.75 Å². The molecule has 22 heavy (non-hydrogen) atoms. The standard InChI is InChI=1S/C14H10ClFN2O4/c15-9-1-4-11(5-2-9)17-14(19)8-22-13-7-10(16)3-6-12(13)18(20)21/h1-7H,8H2,(H,17,19). The lowest BCUT2D eigenvalue weighted by Crippen LogP contribution is -2.20. The van der Waals surface area contributed by atoms with Crippen molar-refractivity contribution >= 4 is 28.9 Å². The maximum absolute atomic E-state index is 13.1. The lowest BCUT2D eigenvalue weighted by Gasteiger charge is -2.08. The average molecular weight is 325 g/mol. The maximum Gasteiger partial charge on any atom is 0.311 e. The molecule has 0 saturated heterocycles. The molecule has 114 valence electrons. The van der Waals surface area contributed by atoms with Crippen molar-refractivity contribution in [3.63, 3.8) is 0 Å². The Bertz CT molecular complexity index is 706. The van der Waals surface area contributed by atoms with Crippen molar-refractivity contribution in [1.29, 1.82) is 0 Å². The topological polar surface area (TPSA) is 81.5 Å². The van der Waals surface area contributed by atoms with Crippen LogP contribution in [0.25, 0.3) is 0 Å². The van der Waals surface area contributed by atoms with Crippen molar-refractivity contribution in [2.75, 3.05) is 11.9 Å². The molecule has 0 bridgehead atoms. The zero-order valence-corrected chi connectivity index (χ0v) is 11.8. The number of halogens is 2. The number of carbonyl (C=O) groups is 1. The predicted octanol–water partition coefficient (Wildman–Crippen LogP) is 3.40. The Labute approximate surface area is 129 Å². The summed E-state index contributed by atoms with van der Waals surface area (Å²) in [6.45, 7) is -0.493. The van der Waals surface area contributed by atoms with Gasteiger partial charge in [0.1, 0.15) is 5.82 Å². The predicted molar refractivity (Wildman–Crippen MR) is 78.6 cm³/mol. The minimum absolute atomic E-state index is 0.309. The second kappa shape index (κ2) is 6.86. The van der Waals surface area contributed by atoms with Gasteiger partial charge in [-0.2, -0.15) is 0 Å². The summed E-state index contributed by atoms with van der Waals surface area (Å²) in [6, 6.07) is 9.13. The second-order valence-corrected chi connectivity index (χ2v) is 4.65. The number of benzene rings is 2. The van der Waals surface area contributed by atoms with Gasteiger partial charge in [-0.25, -0.2) is 4.39 Å².